The smallest absolute Gasteiger partial charge is 0.337 e. The fourth-order valence-electron chi connectivity index (χ4n) is 1.69. The number of rotatable bonds is 3. The number of carbonyl (C=O) groups is 1. The summed E-state index contributed by atoms with van der Waals surface area (Å²) in [5.41, 5.74) is 3.48. The van der Waals surface area contributed by atoms with E-state index in [0.29, 0.717) is 5.82 Å². The minimum absolute atomic E-state index is 0.182. The van der Waals surface area contributed by atoms with E-state index < -0.39 is 5.97 Å². The molecule has 0 aliphatic carbocycles. The van der Waals surface area contributed by atoms with Crippen LogP contribution in [0.15, 0.2) is 36.5 Å². The first kappa shape index (κ1) is 12.1. The molecule has 0 spiro atoms. The Labute approximate surface area is 105 Å². The predicted molar refractivity (Wildman–Crippen MR) is 70.4 cm³/mol. The molecular weight excluding hydrogens is 228 g/mol. The molecule has 4 heteroatoms. The van der Waals surface area contributed by atoms with E-state index in [1.807, 2.05) is 26.0 Å². The van der Waals surface area contributed by atoms with Crippen molar-refractivity contribution in [2.45, 2.75) is 13.8 Å². The van der Waals surface area contributed by atoms with Gasteiger partial charge in [-0.05, 0) is 37.6 Å². The maximum absolute atomic E-state index is 10.7. The van der Waals surface area contributed by atoms with Crippen molar-refractivity contribution in [3.05, 3.63) is 53.2 Å². The molecule has 18 heavy (non-hydrogen) atoms. The molecule has 0 bridgehead atoms. The van der Waals surface area contributed by atoms with Crippen LogP contribution in [-0.4, -0.2) is 16.1 Å². The summed E-state index contributed by atoms with van der Waals surface area (Å²) in [6.45, 7) is 4.05. The summed E-state index contributed by atoms with van der Waals surface area (Å²) in [5, 5.41) is 11.9. The minimum Gasteiger partial charge on any atom is -0.478 e. The lowest BCUT2D eigenvalue weighted by Crippen LogP contribution is -2.00. The number of anilines is 2. The van der Waals surface area contributed by atoms with Gasteiger partial charge in [0.05, 0.1) is 5.56 Å². The summed E-state index contributed by atoms with van der Waals surface area (Å²) >= 11 is 0. The van der Waals surface area contributed by atoms with Crippen LogP contribution in [0.25, 0.3) is 0 Å². The lowest BCUT2D eigenvalue weighted by Gasteiger charge is -2.09. The maximum Gasteiger partial charge on any atom is 0.337 e. The van der Waals surface area contributed by atoms with E-state index in [1.54, 1.807) is 6.07 Å². The van der Waals surface area contributed by atoms with Gasteiger partial charge in [0.15, 0.2) is 0 Å². The van der Waals surface area contributed by atoms with Gasteiger partial charge in [-0.15, -0.1) is 0 Å². The third kappa shape index (κ3) is 2.66. The summed E-state index contributed by atoms with van der Waals surface area (Å²) in [7, 11) is 0. The highest BCUT2D eigenvalue weighted by atomic mass is 16.4. The standard InChI is InChI=1S/C14H14N2O2/c1-9-3-5-12(10(2)7-9)16-13-6-4-11(8-15-13)14(17)18/h3-8H,1-2H3,(H,15,16)(H,17,18). The van der Waals surface area contributed by atoms with Crippen LogP contribution in [0.2, 0.25) is 0 Å². The van der Waals surface area contributed by atoms with Crippen molar-refractivity contribution in [1.29, 1.82) is 0 Å². The molecule has 0 amide bonds. The highest BCUT2D eigenvalue weighted by molar-refractivity contribution is 5.87. The van der Waals surface area contributed by atoms with Crippen molar-refractivity contribution >= 4 is 17.5 Å². The molecule has 2 rings (SSSR count). The van der Waals surface area contributed by atoms with Gasteiger partial charge in [-0.1, -0.05) is 17.7 Å². The third-order valence-electron chi connectivity index (χ3n) is 2.66. The quantitative estimate of drug-likeness (QED) is 0.868. The van der Waals surface area contributed by atoms with Crippen LogP contribution in [0.3, 0.4) is 0 Å². The molecule has 0 aliphatic rings. The Balaban J connectivity index is 2.21. The summed E-state index contributed by atoms with van der Waals surface area (Å²) in [6.07, 6.45) is 1.34. The molecule has 92 valence electrons. The summed E-state index contributed by atoms with van der Waals surface area (Å²) in [6, 6.07) is 9.26. The number of aromatic nitrogens is 1. The van der Waals surface area contributed by atoms with Gasteiger partial charge in [-0.3, -0.25) is 0 Å². The molecule has 1 aromatic heterocycles. The Kier molecular flexibility index (Phi) is 3.28. The molecule has 2 aromatic rings. The Morgan fingerprint density at radius 2 is 2.00 bits per heavy atom. The number of aryl methyl sites for hydroxylation is 2. The van der Waals surface area contributed by atoms with Crippen molar-refractivity contribution in [2.24, 2.45) is 0 Å². The largest absolute Gasteiger partial charge is 0.478 e. The summed E-state index contributed by atoms with van der Waals surface area (Å²) in [5.74, 6) is -0.340. The molecule has 0 atom stereocenters. The van der Waals surface area contributed by atoms with E-state index >= 15 is 0 Å². The van der Waals surface area contributed by atoms with Gasteiger partial charge in [-0.25, -0.2) is 9.78 Å². The Bertz CT molecular complexity index is 577. The second kappa shape index (κ2) is 4.87. The second-order valence-corrected chi connectivity index (χ2v) is 4.18. The maximum atomic E-state index is 10.7. The molecule has 0 radical (unpaired) electrons. The first-order valence-corrected chi connectivity index (χ1v) is 5.60. The minimum atomic E-state index is -0.972. The zero-order chi connectivity index (χ0) is 13.1. The zero-order valence-corrected chi connectivity index (χ0v) is 10.3. The number of aromatic carboxylic acids is 1. The lowest BCUT2D eigenvalue weighted by atomic mass is 10.1. The molecule has 4 nitrogen and oxygen atoms in total. The number of carboxylic acids is 1. The molecule has 0 saturated heterocycles. The zero-order valence-electron chi connectivity index (χ0n) is 10.3. The molecule has 0 saturated carbocycles. The van der Waals surface area contributed by atoms with Gasteiger partial charge in [0.1, 0.15) is 5.82 Å². The van der Waals surface area contributed by atoms with Gasteiger partial charge in [0.25, 0.3) is 0 Å². The molecule has 0 unspecified atom stereocenters. The molecule has 0 aliphatic heterocycles. The Hall–Kier alpha value is -2.36. The normalized spacial score (nSPS) is 10.1. The van der Waals surface area contributed by atoms with Crippen molar-refractivity contribution in [1.82, 2.24) is 4.98 Å². The first-order valence-electron chi connectivity index (χ1n) is 5.60. The van der Waals surface area contributed by atoms with Gasteiger partial charge in [0.2, 0.25) is 0 Å². The van der Waals surface area contributed by atoms with E-state index in [0.717, 1.165) is 11.3 Å². The van der Waals surface area contributed by atoms with Crippen LogP contribution in [0.4, 0.5) is 11.5 Å². The predicted octanol–water partition coefficient (Wildman–Crippen LogP) is 3.14. The van der Waals surface area contributed by atoms with Crippen LogP contribution < -0.4 is 5.32 Å². The molecule has 1 heterocycles. The number of nitrogens with zero attached hydrogens (tertiary/aromatic N) is 1. The highest BCUT2D eigenvalue weighted by Crippen LogP contribution is 2.20. The summed E-state index contributed by atoms with van der Waals surface area (Å²) in [4.78, 5) is 14.8. The number of benzene rings is 1. The highest BCUT2D eigenvalue weighted by Gasteiger charge is 2.04. The molecule has 1 aromatic carbocycles. The fourth-order valence-corrected chi connectivity index (χ4v) is 1.69. The number of hydrogen-bond donors (Lipinski definition) is 2. The Morgan fingerprint density at radius 3 is 2.56 bits per heavy atom. The van der Waals surface area contributed by atoms with Crippen LogP contribution >= 0.6 is 0 Å². The SMILES string of the molecule is Cc1ccc(Nc2ccc(C(=O)O)cn2)c(C)c1. The molecule has 0 fully saturated rings. The lowest BCUT2D eigenvalue weighted by molar-refractivity contribution is 0.0696. The molecular formula is C14H14N2O2. The van der Waals surface area contributed by atoms with Gasteiger partial charge in [0, 0.05) is 11.9 Å². The van der Waals surface area contributed by atoms with Crippen molar-refractivity contribution < 1.29 is 9.90 Å². The van der Waals surface area contributed by atoms with Crippen LogP contribution in [0.1, 0.15) is 21.5 Å². The number of nitrogens with one attached hydrogen (secondary N) is 1. The summed E-state index contributed by atoms with van der Waals surface area (Å²) < 4.78 is 0. The average molecular weight is 242 g/mol. The van der Waals surface area contributed by atoms with Crippen molar-refractivity contribution in [2.75, 3.05) is 5.32 Å². The van der Waals surface area contributed by atoms with Gasteiger partial charge in [-0.2, -0.15) is 0 Å². The second-order valence-electron chi connectivity index (χ2n) is 4.18. The van der Waals surface area contributed by atoms with Gasteiger partial charge < -0.3 is 10.4 Å². The third-order valence-corrected chi connectivity index (χ3v) is 2.66. The van der Waals surface area contributed by atoms with Crippen LogP contribution in [0.5, 0.6) is 0 Å². The van der Waals surface area contributed by atoms with E-state index in [1.165, 1.54) is 17.8 Å². The van der Waals surface area contributed by atoms with E-state index in [9.17, 15) is 4.79 Å². The van der Waals surface area contributed by atoms with E-state index in [4.69, 9.17) is 5.11 Å². The van der Waals surface area contributed by atoms with Crippen LogP contribution in [0, 0.1) is 13.8 Å². The number of hydrogen-bond acceptors (Lipinski definition) is 3. The average Bonchev–Trinajstić information content (AvgIpc) is 2.33. The number of pyridine rings is 1. The van der Waals surface area contributed by atoms with Crippen molar-refractivity contribution in [3.8, 4) is 0 Å². The topological polar surface area (TPSA) is 62.2 Å². The Morgan fingerprint density at radius 1 is 1.22 bits per heavy atom. The number of carboxylic acid groups (broad SMARTS) is 1. The van der Waals surface area contributed by atoms with Gasteiger partial charge >= 0.3 is 5.97 Å². The van der Waals surface area contributed by atoms with Crippen molar-refractivity contribution in [3.63, 3.8) is 0 Å². The monoisotopic (exact) mass is 242 g/mol. The first-order chi connectivity index (χ1) is 8.56. The fraction of sp³-hybridized carbons (Fsp3) is 0.143. The van der Waals surface area contributed by atoms with E-state index in [-0.39, 0.29) is 5.56 Å². The van der Waals surface area contributed by atoms with Crippen LogP contribution in [-0.2, 0) is 0 Å². The molecule has 2 N–H and O–H groups in total. The van der Waals surface area contributed by atoms with E-state index in [2.05, 4.69) is 16.4 Å².